The summed E-state index contributed by atoms with van der Waals surface area (Å²) in [6, 6.07) is 5.76. The second-order valence-electron chi connectivity index (χ2n) is 5.09. The van der Waals surface area contributed by atoms with Gasteiger partial charge in [-0.15, -0.1) is 0 Å². The molecule has 2 rings (SSSR count). The molecular weight excluding hydrogens is 283 g/mol. The Morgan fingerprint density at radius 2 is 2.16 bits per heavy atom. The molecular formula is C14H18Cl2N2O. The highest BCUT2D eigenvalue weighted by atomic mass is 35.5. The molecule has 0 aliphatic heterocycles. The van der Waals surface area contributed by atoms with Crippen molar-refractivity contribution in [2.24, 2.45) is 0 Å². The molecule has 1 fully saturated rings. The minimum Gasteiger partial charge on any atom is -0.352 e. The SMILES string of the molecule is C[C@H](C(=O)NC1CC1)N(C)Cc1cccc(Cl)c1Cl. The monoisotopic (exact) mass is 300 g/mol. The van der Waals surface area contributed by atoms with Crippen LogP contribution in [0.15, 0.2) is 18.2 Å². The third-order valence-electron chi connectivity index (χ3n) is 3.42. The minimum atomic E-state index is -0.185. The molecule has 1 amide bonds. The van der Waals surface area contributed by atoms with Gasteiger partial charge in [-0.3, -0.25) is 9.69 Å². The van der Waals surface area contributed by atoms with Crippen LogP contribution in [0.5, 0.6) is 0 Å². The van der Waals surface area contributed by atoms with Crippen molar-refractivity contribution in [3.63, 3.8) is 0 Å². The summed E-state index contributed by atoms with van der Waals surface area (Å²) < 4.78 is 0. The number of amides is 1. The van der Waals surface area contributed by atoms with E-state index in [1.165, 1.54) is 0 Å². The number of rotatable bonds is 5. The van der Waals surface area contributed by atoms with Gasteiger partial charge in [-0.1, -0.05) is 35.3 Å². The van der Waals surface area contributed by atoms with Crippen molar-refractivity contribution in [3.05, 3.63) is 33.8 Å². The van der Waals surface area contributed by atoms with Gasteiger partial charge in [0.1, 0.15) is 0 Å². The second-order valence-corrected chi connectivity index (χ2v) is 5.87. The molecule has 1 N–H and O–H groups in total. The zero-order valence-corrected chi connectivity index (χ0v) is 12.6. The Labute approximate surface area is 123 Å². The highest BCUT2D eigenvalue weighted by Crippen LogP contribution is 2.26. The molecule has 5 heteroatoms. The number of nitrogens with zero attached hydrogens (tertiary/aromatic N) is 1. The fourth-order valence-corrected chi connectivity index (χ4v) is 2.21. The van der Waals surface area contributed by atoms with Crippen molar-refractivity contribution < 1.29 is 4.79 Å². The van der Waals surface area contributed by atoms with Crippen LogP contribution in [-0.2, 0) is 11.3 Å². The Morgan fingerprint density at radius 1 is 1.47 bits per heavy atom. The van der Waals surface area contributed by atoms with Gasteiger partial charge in [0.2, 0.25) is 5.91 Å². The second kappa shape index (κ2) is 6.12. The van der Waals surface area contributed by atoms with E-state index in [0.29, 0.717) is 22.6 Å². The fourth-order valence-electron chi connectivity index (χ4n) is 1.83. The van der Waals surface area contributed by atoms with Crippen LogP contribution in [0.25, 0.3) is 0 Å². The third-order valence-corrected chi connectivity index (χ3v) is 4.27. The van der Waals surface area contributed by atoms with E-state index in [-0.39, 0.29) is 11.9 Å². The van der Waals surface area contributed by atoms with Crippen LogP contribution in [-0.4, -0.2) is 29.9 Å². The van der Waals surface area contributed by atoms with Crippen LogP contribution in [0.3, 0.4) is 0 Å². The van der Waals surface area contributed by atoms with E-state index in [1.807, 2.05) is 31.0 Å². The lowest BCUT2D eigenvalue weighted by molar-refractivity contribution is -0.125. The van der Waals surface area contributed by atoms with E-state index >= 15 is 0 Å². The van der Waals surface area contributed by atoms with E-state index in [9.17, 15) is 4.79 Å². The van der Waals surface area contributed by atoms with Crippen LogP contribution in [0, 0.1) is 0 Å². The summed E-state index contributed by atoms with van der Waals surface area (Å²) in [5.41, 5.74) is 0.933. The predicted molar refractivity (Wildman–Crippen MR) is 78.6 cm³/mol. The van der Waals surface area contributed by atoms with Crippen molar-refractivity contribution in [1.82, 2.24) is 10.2 Å². The summed E-state index contributed by atoms with van der Waals surface area (Å²) in [5.74, 6) is 0.0724. The molecule has 1 aromatic rings. The summed E-state index contributed by atoms with van der Waals surface area (Å²) in [6.07, 6.45) is 2.20. The number of benzene rings is 1. The van der Waals surface area contributed by atoms with E-state index in [4.69, 9.17) is 23.2 Å². The molecule has 0 unspecified atom stereocenters. The van der Waals surface area contributed by atoms with Gasteiger partial charge < -0.3 is 5.32 Å². The maximum atomic E-state index is 12.0. The molecule has 0 saturated heterocycles. The summed E-state index contributed by atoms with van der Waals surface area (Å²) in [6.45, 7) is 2.49. The third kappa shape index (κ3) is 3.85. The smallest absolute Gasteiger partial charge is 0.237 e. The van der Waals surface area contributed by atoms with Gasteiger partial charge in [0, 0.05) is 12.6 Å². The molecule has 1 atom stereocenters. The van der Waals surface area contributed by atoms with E-state index in [0.717, 1.165) is 18.4 Å². The first-order chi connectivity index (χ1) is 8.99. The predicted octanol–water partition coefficient (Wildman–Crippen LogP) is 3.09. The Morgan fingerprint density at radius 3 is 2.79 bits per heavy atom. The summed E-state index contributed by atoms with van der Waals surface area (Å²) in [4.78, 5) is 13.9. The van der Waals surface area contributed by atoms with Crippen LogP contribution < -0.4 is 5.32 Å². The molecule has 1 aliphatic rings. The maximum absolute atomic E-state index is 12.0. The maximum Gasteiger partial charge on any atom is 0.237 e. The van der Waals surface area contributed by atoms with Gasteiger partial charge >= 0.3 is 0 Å². The molecule has 0 spiro atoms. The molecule has 0 heterocycles. The van der Waals surface area contributed by atoms with Crippen molar-refractivity contribution >= 4 is 29.1 Å². The molecule has 104 valence electrons. The van der Waals surface area contributed by atoms with Crippen molar-refractivity contribution in [3.8, 4) is 0 Å². The Bertz CT molecular complexity index is 475. The number of carbonyl (C=O) groups excluding carboxylic acids is 1. The zero-order valence-electron chi connectivity index (χ0n) is 11.1. The van der Waals surface area contributed by atoms with E-state index < -0.39 is 0 Å². The van der Waals surface area contributed by atoms with Gasteiger partial charge in [0.25, 0.3) is 0 Å². The lowest BCUT2D eigenvalue weighted by Gasteiger charge is -2.24. The summed E-state index contributed by atoms with van der Waals surface area (Å²) in [5, 5.41) is 4.11. The standard InChI is InChI=1S/C14H18Cl2N2O/c1-9(14(19)17-11-6-7-11)18(2)8-10-4-3-5-12(15)13(10)16/h3-5,9,11H,6-8H2,1-2H3,(H,17,19)/t9-/m1/s1. The van der Waals surface area contributed by atoms with Crippen molar-refractivity contribution in [1.29, 1.82) is 0 Å². The number of nitrogens with one attached hydrogen (secondary N) is 1. The zero-order chi connectivity index (χ0) is 14.0. The number of hydrogen-bond donors (Lipinski definition) is 1. The van der Waals surface area contributed by atoms with Gasteiger partial charge in [-0.2, -0.15) is 0 Å². The molecule has 0 aromatic heterocycles. The van der Waals surface area contributed by atoms with Crippen LogP contribution in [0.4, 0.5) is 0 Å². The number of carbonyl (C=O) groups is 1. The average Bonchev–Trinajstić information content (AvgIpc) is 3.17. The van der Waals surface area contributed by atoms with Gasteiger partial charge in [0.05, 0.1) is 16.1 Å². The average molecular weight is 301 g/mol. The van der Waals surface area contributed by atoms with Crippen LogP contribution in [0.2, 0.25) is 10.0 Å². The first kappa shape index (κ1) is 14.6. The van der Waals surface area contributed by atoms with Gasteiger partial charge in [-0.05, 0) is 38.4 Å². The first-order valence-corrected chi connectivity index (χ1v) is 7.18. The van der Waals surface area contributed by atoms with Crippen molar-refractivity contribution in [2.75, 3.05) is 7.05 Å². The fraction of sp³-hybridized carbons (Fsp3) is 0.500. The topological polar surface area (TPSA) is 32.3 Å². The van der Waals surface area contributed by atoms with Crippen molar-refractivity contribution in [2.45, 2.75) is 38.4 Å². The number of halogens is 2. The summed E-state index contributed by atoms with van der Waals surface area (Å²) in [7, 11) is 1.91. The van der Waals surface area contributed by atoms with Gasteiger partial charge in [0.15, 0.2) is 0 Å². The normalized spacial score (nSPS) is 16.5. The highest BCUT2D eigenvalue weighted by Gasteiger charge is 2.27. The lowest BCUT2D eigenvalue weighted by Crippen LogP contribution is -2.43. The van der Waals surface area contributed by atoms with E-state index in [2.05, 4.69) is 5.32 Å². The molecule has 1 aliphatic carbocycles. The molecule has 1 aromatic carbocycles. The van der Waals surface area contributed by atoms with Crippen LogP contribution >= 0.6 is 23.2 Å². The Kier molecular flexibility index (Phi) is 4.71. The summed E-state index contributed by atoms with van der Waals surface area (Å²) >= 11 is 12.1. The lowest BCUT2D eigenvalue weighted by atomic mass is 10.2. The number of hydrogen-bond acceptors (Lipinski definition) is 2. The van der Waals surface area contributed by atoms with E-state index in [1.54, 1.807) is 6.07 Å². The minimum absolute atomic E-state index is 0.0724. The highest BCUT2D eigenvalue weighted by molar-refractivity contribution is 6.42. The largest absolute Gasteiger partial charge is 0.352 e. The Balaban J connectivity index is 1.97. The molecule has 0 bridgehead atoms. The number of likely N-dealkylation sites (N-methyl/N-ethyl adjacent to an activating group) is 1. The molecule has 19 heavy (non-hydrogen) atoms. The quantitative estimate of drug-likeness (QED) is 0.906. The molecule has 0 radical (unpaired) electrons. The molecule has 3 nitrogen and oxygen atoms in total. The Hall–Kier alpha value is -0.770. The molecule has 1 saturated carbocycles. The van der Waals surface area contributed by atoms with Gasteiger partial charge in [-0.25, -0.2) is 0 Å². The van der Waals surface area contributed by atoms with Crippen LogP contribution in [0.1, 0.15) is 25.3 Å². The first-order valence-electron chi connectivity index (χ1n) is 6.42.